The number of aliphatic hydroxyl groups is 1. The highest BCUT2D eigenvalue weighted by atomic mass is 19.1. The molecule has 0 aliphatic heterocycles. The molecular weight excluding hydrogens is 359 g/mol. The molecule has 3 rings (SSSR count). The van der Waals surface area contributed by atoms with Crippen LogP contribution in [0.25, 0.3) is 0 Å². The lowest BCUT2D eigenvalue weighted by atomic mass is 10.2. The summed E-state index contributed by atoms with van der Waals surface area (Å²) in [5.41, 5.74) is 2.08. The van der Waals surface area contributed by atoms with Crippen LogP contribution in [0.1, 0.15) is 43.9 Å². The summed E-state index contributed by atoms with van der Waals surface area (Å²) >= 11 is 0. The first-order valence-electron chi connectivity index (χ1n) is 10.1. The highest BCUT2D eigenvalue weighted by Gasteiger charge is 2.35. The average molecular weight is 389 g/mol. The topological polar surface area (TPSA) is 55.9 Å². The van der Waals surface area contributed by atoms with Crippen molar-refractivity contribution < 1.29 is 23.9 Å². The quantitative estimate of drug-likeness (QED) is 0.578. The Labute approximate surface area is 165 Å². The molecule has 5 nitrogen and oxygen atoms in total. The van der Waals surface area contributed by atoms with E-state index in [4.69, 9.17) is 4.74 Å². The third-order valence-corrected chi connectivity index (χ3v) is 5.12. The van der Waals surface area contributed by atoms with Gasteiger partial charge in [0.1, 0.15) is 31.6 Å². The van der Waals surface area contributed by atoms with Crippen molar-refractivity contribution in [3.05, 3.63) is 59.7 Å². The van der Waals surface area contributed by atoms with Crippen molar-refractivity contribution in [2.24, 2.45) is 0 Å². The number of carbonyl (C=O) groups is 1. The summed E-state index contributed by atoms with van der Waals surface area (Å²) < 4.78 is 20.7. The van der Waals surface area contributed by atoms with Crippen LogP contribution in [0.4, 0.5) is 4.39 Å². The fourth-order valence-electron chi connectivity index (χ4n) is 3.53. The summed E-state index contributed by atoms with van der Waals surface area (Å²) in [5, 5.41) is 10.3. The van der Waals surface area contributed by atoms with Gasteiger partial charge in [0, 0.05) is 32.0 Å². The van der Waals surface area contributed by atoms with E-state index in [1.165, 1.54) is 11.0 Å². The smallest absolute Gasteiger partial charge is 0.305 e. The third kappa shape index (κ3) is 6.17. The summed E-state index contributed by atoms with van der Waals surface area (Å²) in [6.45, 7) is 3.94. The van der Waals surface area contributed by atoms with Crippen LogP contribution in [0.2, 0.25) is 0 Å². The van der Waals surface area contributed by atoms with Crippen molar-refractivity contribution in [1.29, 1.82) is 0 Å². The molecule has 2 atom stereocenters. The monoisotopic (exact) mass is 389 g/mol. The number of aromatic nitrogens is 1. The predicted octanol–water partition coefficient (Wildman–Crippen LogP) is 1.93. The van der Waals surface area contributed by atoms with Crippen molar-refractivity contribution in [3.63, 3.8) is 0 Å². The zero-order valence-corrected chi connectivity index (χ0v) is 16.4. The van der Waals surface area contributed by atoms with Crippen LogP contribution in [0.3, 0.4) is 0 Å². The van der Waals surface area contributed by atoms with Gasteiger partial charge < -0.3 is 19.3 Å². The van der Waals surface area contributed by atoms with Gasteiger partial charge in [-0.25, -0.2) is 4.39 Å². The largest absolute Gasteiger partial charge is 0.463 e. The SMILES string of the molecule is CCCC(=O)OC[C@H](O)C[NH+](Cc1cccn1Cc1cccc(F)c1)C1CC1. The summed E-state index contributed by atoms with van der Waals surface area (Å²) in [5.74, 6) is -0.476. The predicted molar refractivity (Wildman–Crippen MR) is 104 cm³/mol. The Morgan fingerprint density at radius 1 is 1.36 bits per heavy atom. The van der Waals surface area contributed by atoms with E-state index in [0.717, 1.165) is 37.1 Å². The summed E-state index contributed by atoms with van der Waals surface area (Å²) in [4.78, 5) is 12.8. The zero-order chi connectivity index (χ0) is 19.9. The molecule has 1 saturated carbocycles. The molecule has 2 aromatic rings. The van der Waals surface area contributed by atoms with Crippen LogP contribution < -0.4 is 4.90 Å². The van der Waals surface area contributed by atoms with Crippen LogP contribution >= 0.6 is 0 Å². The summed E-state index contributed by atoms with van der Waals surface area (Å²) in [7, 11) is 0. The van der Waals surface area contributed by atoms with Crippen molar-refractivity contribution in [1.82, 2.24) is 4.57 Å². The summed E-state index contributed by atoms with van der Waals surface area (Å²) in [6.07, 6.45) is 4.79. The molecule has 1 heterocycles. The molecule has 0 saturated heterocycles. The van der Waals surface area contributed by atoms with E-state index in [-0.39, 0.29) is 18.4 Å². The first-order valence-corrected chi connectivity index (χ1v) is 10.1. The second kappa shape index (κ2) is 9.85. The van der Waals surface area contributed by atoms with Gasteiger partial charge in [-0.3, -0.25) is 4.79 Å². The third-order valence-electron chi connectivity index (χ3n) is 5.12. The van der Waals surface area contributed by atoms with Crippen LogP contribution in [0, 0.1) is 5.82 Å². The highest BCUT2D eigenvalue weighted by Crippen LogP contribution is 2.16. The van der Waals surface area contributed by atoms with Gasteiger partial charge >= 0.3 is 5.97 Å². The maximum atomic E-state index is 13.5. The van der Waals surface area contributed by atoms with Gasteiger partial charge in [0.2, 0.25) is 0 Å². The number of benzene rings is 1. The Kier molecular flexibility index (Phi) is 7.23. The van der Waals surface area contributed by atoms with Crippen molar-refractivity contribution in [2.45, 2.75) is 57.8 Å². The fourth-order valence-corrected chi connectivity index (χ4v) is 3.53. The second-order valence-corrected chi connectivity index (χ2v) is 7.66. The van der Waals surface area contributed by atoms with Gasteiger partial charge in [-0.1, -0.05) is 19.1 Å². The lowest BCUT2D eigenvalue weighted by molar-refractivity contribution is -0.928. The molecule has 2 N–H and O–H groups in total. The molecule has 28 heavy (non-hydrogen) atoms. The van der Waals surface area contributed by atoms with Gasteiger partial charge in [-0.05, 0) is 36.2 Å². The number of hydrogen-bond donors (Lipinski definition) is 2. The van der Waals surface area contributed by atoms with E-state index in [9.17, 15) is 14.3 Å². The second-order valence-electron chi connectivity index (χ2n) is 7.66. The minimum absolute atomic E-state index is 0.0549. The first kappa shape index (κ1) is 20.6. The number of nitrogens with zero attached hydrogens (tertiary/aromatic N) is 1. The number of carbonyl (C=O) groups excluding carboxylic acids is 1. The van der Waals surface area contributed by atoms with Crippen LogP contribution in [-0.2, 0) is 22.6 Å². The zero-order valence-electron chi connectivity index (χ0n) is 16.4. The standard InChI is InChI=1S/C22H29FN2O3/c1-2-5-22(27)28-16-21(26)15-25(19-9-10-19)14-20-8-4-11-24(20)13-17-6-3-7-18(23)12-17/h3-4,6-8,11-12,19,21,26H,2,5,9-10,13-16H2,1H3/p+1/t21-/m1/s1. The van der Waals surface area contributed by atoms with Crippen LogP contribution in [-0.4, -0.2) is 40.9 Å². The highest BCUT2D eigenvalue weighted by molar-refractivity contribution is 5.69. The van der Waals surface area contributed by atoms with Crippen molar-refractivity contribution in [2.75, 3.05) is 13.2 Å². The number of esters is 1. The number of halogens is 1. The molecule has 1 aliphatic carbocycles. The van der Waals surface area contributed by atoms with Crippen molar-refractivity contribution >= 4 is 5.97 Å². The minimum Gasteiger partial charge on any atom is -0.463 e. The number of aliphatic hydroxyl groups excluding tert-OH is 1. The van der Waals surface area contributed by atoms with Gasteiger partial charge in [0.15, 0.2) is 0 Å². The number of rotatable bonds is 11. The lowest BCUT2D eigenvalue weighted by Crippen LogP contribution is -3.13. The molecular formula is C22H30FN2O3+. The Morgan fingerprint density at radius 3 is 2.89 bits per heavy atom. The summed E-state index contributed by atoms with van der Waals surface area (Å²) in [6, 6.07) is 11.3. The number of hydrogen-bond acceptors (Lipinski definition) is 3. The molecule has 0 amide bonds. The molecule has 0 radical (unpaired) electrons. The fraction of sp³-hybridized carbons (Fsp3) is 0.500. The molecule has 1 aromatic heterocycles. The first-order chi connectivity index (χ1) is 13.5. The van der Waals surface area contributed by atoms with Gasteiger partial charge in [-0.2, -0.15) is 0 Å². The molecule has 1 aliphatic rings. The van der Waals surface area contributed by atoms with E-state index in [2.05, 4.69) is 10.6 Å². The lowest BCUT2D eigenvalue weighted by Gasteiger charge is -2.23. The van der Waals surface area contributed by atoms with Crippen LogP contribution in [0.15, 0.2) is 42.6 Å². The number of quaternary nitrogens is 1. The van der Waals surface area contributed by atoms with Crippen molar-refractivity contribution in [3.8, 4) is 0 Å². The Bertz CT molecular complexity index is 773. The number of nitrogens with one attached hydrogen (secondary N) is 1. The Hall–Kier alpha value is -2.18. The minimum atomic E-state index is -0.664. The Morgan fingerprint density at radius 2 is 2.18 bits per heavy atom. The maximum absolute atomic E-state index is 13.5. The van der Waals surface area contributed by atoms with Gasteiger partial charge in [0.25, 0.3) is 0 Å². The van der Waals surface area contributed by atoms with Crippen LogP contribution in [0.5, 0.6) is 0 Å². The molecule has 0 bridgehead atoms. The van der Waals surface area contributed by atoms with E-state index in [1.54, 1.807) is 12.1 Å². The molecule has 6 heteroatoms. The molecule has 0 spiro atoms. The molecule has 1 unspecified atom stereocenters. The van der Waals surface area contributed by atoms with E-state index in [0.29, 0.717) is 25.6 Å². The number of ether oxygens (including phenoxy) is 1. The molecule has 1 aromatic carbocycles. The van der Waals surface area contributed by atoms with Gasteiger partial charge in [0.05, 0.1) is 11.7 Å². The molecule has 152 valence electrons. The van der Waals surface area contributed by atoms with E-state index < -0.39 is 6.10 Å². The molecule has 1 fully saturated rings. The normalized spacial score (nSPS) is 16.0. The van der Waals surface area contributed by atoms with E-state index >= 15 is 0 Å². The Balaban J connectivity index is 1.58. The van der Waals surface area contributed by atoms with Gasteiger partial charge in [-0.15, -0.1) is 0 Å². The average Bonchev–Trinajstić information content (AvgIpc) is 3.42. The maximum Gasteiger partial charge on any atom is 0.305 e. The van der Waals surface area contributed by atoms with E-state index in [1.807, 2.05) is 25.3 Å².